The van der Waals surface area contributed by atoms with Crippen molar-refractivity contribution in [2.45, 2.75) is 38.8 Å². The van der Waals surface area contributed by atoms with E-state index in [1.807, 2.05) is 5.51 Å². The zero-order chi connectivity index (χ0) is 9.26. The second-order valence-electron chi connectivity index (χ2n) is 3.77. The normalized spacial score (nSPS) is 24.4. The smallest absolute Gasteiger partial charge is 0.134 e. The lowest BCUT2D eigenvalue weighted by atomic mass is 10.2. The fraction of sp³-hybridized carbons (Fsp3) is 0.778. The molecule has 3 nitrogen and oxygen atoms in total. The molecule has 1 aromatic heterocycles. The number of rotatable bonds is 2. The zero-order valence-corrected chi connectivity index (χ0v) is 8.92. The largest absolute Gasteiger partial charge is 0.292 e. The highest BCUT2D eigenvalue weighted by Gasteiger charge is 2.29. The molecule has 4 heteroatoms. The van der Waals surface area contributed by atoms with Gasteiger partial charge in [-0.3, -0.25) is 4.90 Å². The predicted octanol–water partition coefficient (Wildman–Crippen LogP) is 2.08. The van der Waals surface area contributed by atoms with E-state index < -0.39 is 0 Å². The van der Waals surface area contributed by atoms with E-state index in [4.69, 9.17) is 0 Å². The zero-order valence-electron chi connectivity index (χ0n) is 8.10. The van der Waals surface area contributed by atoms with Gasteiger partial charge in [0, 0.05) is 6.04 Å². The summed E-state index contributed by atoms with van der Waals surface area (Å²) < 4.78 is 0. The highest BCUT2D eigenvalue weighted by Crippen LogP contribution is 2.33. The molecule has 0 radical (unpaired) electrons. The van der Waals surface area contributed by atoms with E-state index in [1.54, 1.807) is 11.3 Å². The molecular weight excluding hydrogens is 182 g/mol. The van der Waals surface area contributed by atoms with Crippen molar-refractivity contribution in [3.8, 4) is 0 Å². The van der Waals surface area contributed by atoms with Gasteiger partial charge in [-0.2, -0.15) is 0 Å². The van der Waals surface area contributed by atoms with Crippen molar-refractivity contribution in [2.24, 2.45) is 0 Å². The van der Waals surface area contributed by atoms with Gasteiger partial charge in [0.2, 0.25) is 0 Å². The van der Waals surface area contributed by atoms with Gasteiger partial charge in [0.15, 0.2) is 0 Å². The van der Waals surface area contributed by atoms with Crippen LogP contribution in [0.4, 0.5) is 0 Å². The van der Waals surface area contributed by atoms with E-state index in [1.165, 1.54) is 24.4 Å². The molecule has 0 unspecified atom stereocenters. The van der Waals surface area contributed by atoms with E-state index in [0.717, 1.165) is 0 Å². The molecule has 1 saturated heterocycles. The molecule has 0 aliphatic carbocycles. The molecule has 0 spiro atoms. The van der Waals surface area contributed by atoms with E-state index in [2.05, 4.69) is 28.9 Å². The van der Waals surface area contributed by atoms with E-state index in [-0.39, 0.29) is 0 Å². The van der Waals surface area contributed by atoms with Crippen LogP contribution in [-0.2, 0) is 0 Å². The highest BCUT2D eigenvalue weighted by atomic mass is 32.1. The topological polar surface area (TPSA) is 29.0 Å². The van der Waals surface area contributed by atoms with Crippen LogP contribution in [0.1, 0.15) is 37.7 Å². The minimum atomic E-state index is 0.535. The molecule has 2 rings (SSSR count). The van der Waals surface area contributed by atoms with Gasteiger partial charge in [-0.15, -0.1) is 21.5 Å². The van der Waals surface area contributed by atoms with E-state index in [0.29, 0.717) is 12.1 Å². The molecule has 0 aromatic carbocycles. The fourth-order valence-corrected chi connectivity index (χ4v) is 2.71. The van der Waals surface area contributed by atoms with Crippen molar-refractivity contribution in [1.82, 2.24) is 15.1 Å². The minimum absolute atomic E-state index is 0.535. The fourth-order valence-electron chi connectivity index (χ4n) is 2.00. The summed E-state index contributed by atoms with van der Waals surface area (Å²) in [5.74, 6) is 0. The Hall–Kier alpha value is -0.480. The van der Waals surface area contributed by atoms with Crippen LogP contribution in [0.3, 0.4) is 0 Å². The molecule has 1 fully saturated rings. The van der Waals surface area contributed by atoms with Gasteiger partial charge < -0.3 is 0 Å². The molecule has 1 aliphatic rings. The Morgan fingerprint density at radius 2 is 2.46 bits per heavy atom. The molecule has 1 aliphatic heterocycles. The van der Waals surface area contributed by atoms with E-state index >= 15 is 0 Å². The molecule has 0 saturated carbocycles. The molecule has 0 N–H and O–H groups in total. The summed E-state index contributed by atoms with van der Waals surface area (Å²) in [7, 11) is 0. The van der Waals surface area contributed by atoms with Crippen LogP contribution < -0.4 is 0 Å². The Morgan fingerprint density at radius 1 is 1.62 bits per heavy atom. The minimum Gasteiger partial charge on any atom is -0.292 e. The summed E-state index contributed by atoms with van der Waals surface area (Å²) in [5, 5.41) is 9.25. The third-order valence-electron chi connectivity index (χ3n) is 2.62. The van der Waals surface area contributed by atoms with Crippen LogP contribution in [0.5, 0.6) is 0 Å². The molecule has 13 heavy (non-hydrogen) atoms. The lowest BCUT2D eigenvalue weighted by molar-refractivity contribution is 0.204. The van der Waals surface area contributed by atoms with Crippen LogP contribution in [0.2, 0.25) is 0 Å². The Kier molecular flexibility index (Phi) is 2.60. The maximum Gasteiger partial charge on any atom is 0.134 e. The Morgan fingerprint density at radius 3 is 3.08 bits per heavy atom. The van der Waals surface area contributed by atoms with Crippen molar-refractivity contribution in [3.63, 3.8) is 0 Å². The van der Waals surface area contributed by atoms with Crippen molar-refractivity contribution in [1.29, 1.82) is 0 Å². The van der Waals surface area contributed by atoms with Crippen LogP contribution in [0, 0.1) is 0 Å². The number of aromatic nitrogens is 2. The standard InChI is InChI=1S/C9H15N3S/c1-7(2)12-5-3-4-8(12)9-11-10-6-13-9/h6-8H,3-5H2,1-2H3/t8-/m1/s1. The van der Waals surface area contributed by atoms with Crippen LogP contribution in [0.15, 0.2) is 5.51 Å². The summed E-state index contributed by atoms with van der Waals surface area (Å²) >= 11 is 1.68. The van der Waals surface area contributed by atoms with E-state index in [9.17, 15) is 0 Å². The molecule has 1 atom stereocenters. The quantitative estimate of drug-likeness (QED) is 0.727. The summed E-state index contributed by atoms with van der Waals surface area (Å²) in [6, 6.07) is 1.16. The van der Waals surface area contributed by atoms with Gasteiger partial charge in [-0.25, -0.2) is 0 Å². The monoisotopic (exact) mass is 197 g/mol. The second kappa shape index (κ2) is 3.72. The molecular formula is C9H15N3S. The summed E-state index contributed by atoms with van der Waals surface area (Å²) in [5.41, 5.74) is 1.83. The van der Waals surface area contributed by atoms with Gasteiger partial charge >= 0.3 is 0 Å². The van der Waals surface area contributed by atoms with Crippen LogP contribution in [-0.4, -0.2) is 27.7 Å². The van der Waals surface area contributed by atoms with Crippen molar-refractivity contribution >= 4 is 11.3 Å². The van der Waals surface area contributed by atoms with Crippen molar-refractivity contribution in [3.05, 3.63) is 10.5 Å². The van der Waals surface area contributed by atoms with Gasteiger partial charge in [0.1, 0.15) is 10.5 Å². The number of nitrogens with zero attached hydrogens (tertiary/aromatic N) is 3. The third-order valence-corrected chi connectivity index (χ3v) is 3.41. The maximum atomic E-state index is 4.16. The molecule has 1 aromatic rings. The van der Waals surface area contributed by atoms with Gasteiger partial charge in [0.05, 0.1) is 6.04 Å². The summed E-state index contributed by atoms with van der Waals surface area (Å²) in [4.78, 5) is 2.51. The first-order valence-electron chi connectivity index (χ1n) is 4.81. The SMILES string of the molecule is CC(C)N1CCC[C@@H]1c1nncs1. The Bertz CT molecular complexity index is 258. The van der Waals surface area contributed by atoms with Crippen molar-refractivity contribution < 1.29 is 0 Å². The van der Waals surface area contributed by atoms with Crippen molar-refractivity contribution in [2.75, 3.05) is 6.54 Å². The molecule has 0 bridgehead atoms. The first kappa shape index (κ1) is 9.09. The molecule has 72 valence electrons. The highest BCUT2D eigenvalue weighted by molar-refractivity contribution is 7.09. The first-order chi connectivity index (χ1) is 6.29. The lowest BCUT2D eigenvalue weighted by Gasteiger charge is -2.26. The maximum absolute atomic E-state index is 4.16. The first-order valence-corrected chi connectivity index (χ1v) is 5.69. The average molecular weight is 197 g/mol. The summed E-state index contributed by atoms with van der Waals surface area (Å²) in [6.45, 7) is 5.71. The van der Waals surface area contributed by atoms with Crippen LogP contribution in [0.25, 0.3) is 0 Å². The molecule has 2 heterocycles. The second-order valence-corrected chi connectivity index (χ2v) is 4.63. The number of hydrogen-bond donors (Lipinski definition) is 0. The number of hydrogen-bond acceptors (Lipinski definition) is 4. The van der Waals surface area contributed by atoms with Gasteiger partial charge in [0.25, 0.3) is 0 Å². The van der Waals surface area contributed by atoms with Crippen LogP contribution >= 0.6 is 11.3 Å². The third kappa shape index (κ3) is 1.74. The predicted molar refractivity (Wildman–Crippen MR) is 53.7 cm³/mol. The Labute approximate surface area is 82.8 Å². The van der Waals surface area contributed by atoms with Gasteiger partial charge in [-0.05, 0) is 33.2 Å². The van der Waals surface area contributed by atoms with Gasteiger partial charge in [-0.1, -0.05) is 0 Å². The summed E-state index contributed by atoms with van der Waals surface area (Å²) in [6.07, 6.45) is 2.54. The lowest BCUT2D eigenvalue weighted by Crippen LogP contribution is -2.30. The number of likely N-dealkylation sites (tertiary alicyclic amines) is 1. The average Bonchev–Trinajstić information content (AvgIpc) is 2.74. The Balaban J connectivity index is 2.14. The molecule has 0 amide bonds.